The van der Waals surface area contributed by atoms with Crippen LogP contribution in [0, 0.1) is 6.92 Å². The summed E-state index contributed by atoms with van der Waals surface area (Å²) in [5.74, 6) is 0.458. The Morgan fingerprint density at radius 2 is 2.23 bits per heavy atom. The molecule has 1 aromatic rings. The summed E-state index contributed by atoms with van der Waals surface area (Å²) < 4.78 is 0. The van der Waals surface area contributed by atoms with Gasteiger partial charge in [0.25, 0.3) is 5.56 Å². The maximum Gasteiger partial charge on any atom is 0.254 e. The van der Waals surface area contributed by atoms with Crippen molar-refractivity contribution in [1.29, 1.82) is 0 Å². The number of hydrogen-bond acceptors (Lipinski definition) is 2. The lowest BCUT2D eigenvalue weighted by Gasteiger charge is -2.25. The van der Waals surface area contributed by atoms with Gasteiger partial charge in [-0.05, 0) is 31.4 Å². The highest BCUT2D eigenvalue weighted by Crippen LogP contribution is 2.36. The van der Waals surface area contributed by atoms with Gasteiger partial charge in [0.2, 0.25) is 5.28 Å². The maximum absolute atomic E-state index is 11.3. The quantitative estimate of drug-likeness (QED) is 0.702. The minimum Gasteiger partial charge on any atom is -0.297 e. The second kappa shape index (κ2) is 3.14. The van der Waals surface area contributed by atoms with Crippen LogP contribution in [0.15, 0.2) is 4.79 Å². The van der Waals surface area contributed by atoms with Crippen LogP contribution in [0.2, 0.25) is 5.28 Å². The van der Waals surface area contributed by atoms with Crippen LogP contribution in [0.4, 0.5) is 0 Å². The molecule has 1 aromatic heterocycles. The van der Waals surface area contributed by atoms with Gasteiger partial charge in [-0.3, -0.25) is 9.78 Å². The van der Waals surface area contributed by atoms with E-state index >= 15 is 0 Å². The lowest BCUT2D eigenvalue weighted by molar-refractivity contribution is 0.408. The first kappa shape index (κ1) is 8.75. The van der Waals surface area contributed by atoms with Gasteiger partial charge in [0.15, 0.2) is 0 Å². The van der Waals surface area contributed by atoms with E-state index in [4.69, 9.17) is 11.6 Å². The van der Waals surface area contributed by atoms with Crippen LogP contribution in [0.25, 0.3) is 0 Å². The zero-order valence-corrected chi connectivity index (χ0v) is 8.19. The fourth-order valence-corrected chi connectivity index (χ4v) is 1.78. The molecule has 0 aliphatic heterocycles. The molecule has 3 nitrogen and oxygen atoms in total. The zero-order chi connectivity index (χ0) is 9.42. The molecule has 70 valence electrons. The Morgan fingerprint density at radius 3 is 2.77 bits per heavy atom. The Labute approximate surface area is 81.2 Å². The van der Waals surface area contributed by atoms with Crippen LogP contribution in [-0.2, 0) is 0 Å². The number of nitrogens with zero attached hydrogens (tertiary/aromatic N) is 1. The third kappa shape index (κ3) is 1.48. The highest BCUT2D eigenvalue weighted by molar-refractivity contribution is 6.28. The molecule has 2 rings (SSSR count). The number of H-pyrrole nitrogens is 1. The van der Waals surface area contributed by atoms with Crippen molar-refractivity contribution in [2.24, 2.45) is 0 Å². The molecule has 0 unspecified atom stereocenters. The third-order valence-electron chi connectivity index (χ3n) is 2.65. The number of hydrogen-bond donors (Lipinski definition) is 1. The molecule has 0 atom stereocenters. The molecule has 1 fully saturated rings. The molecular formula is C9H11ClN2O. The van der Waals surface area contributed by atoms with Gasteiger partial charge in [0.05, 0.1) is 5.69 Å². The van der Waals surface area contributed by atoms with Gasteiger partial charge in [0, 0.05) is 11.5 Å². The summed E-state index contributed by atoms with van der Waals surface area (Å²) in [7, 11) is 0. The summed E-state index contributed by atoms with van der Waals surface area (Å²) in [4.78, 5) is 18.0. The molecule has 1 saturated carbocycles. The minimum atomic E-state index is -0.109. The summed E-state index contributed by atoms with van der Waals surface area (Å²) in [5.41, 5.74) is 1.50. The number of aromatic amines is 1. The van der Waals surface area contributed by atoms with Crippen LogP contribution < -0.4 is 5.56 Å². The number of rotatable bonds is 1. The van der Waals surface area contributed by atoms with E-state index < -0.39 is 0 Å². The normalized spacial score (nSPS) is 17.1. The van der Waals surface area contributed by atoms with Gasteiger partial charge >= 0.3 is 0 Å². The Bertz CT molecular complexity index is 382. The first-order chi connectivity index (χ1) is 6.18. The second-order valence-corrected chi connectivity index (χ2v) is 3.85. The summed E-state index contributed by atoms with van der Waals surface area (Å²) in [6, 6.07) is 0. The fourth-order valence-electron chi connectivity index (χ4n) is 1.60. The molecule has 0 spiro atoms. The van der Waals surface area contributed by atoms with E-state index in [2.05, 4.69) is 9.97 Å². The van der Waals surface area contributed by atoms with Gasteiger partial charge in [-0.2, -0.15) is 0 Å². The molecule has 0 aromatic carbocycles. The number of nitrogens with one attached hydrogen (secondary N) is 1. The molecule has 0 amide bonds. The van der Waals surface area contributed by atoms with Crippen LogP contribution in [0.1, 0.15) is 36.4 Å². The highest BCUT2D eigenvalue weighted by Gasteiger charge is 2.23. The smallest absolute Gasteiger partial charge is 0.254 e. The molecule has 4 heteroatoms. The Morgan fingerprint density at radius 1 is 1.54 bits per heavy atom. The lowest BCUT2D eigenvalue weighted by Crippen LogP contribution is -2.20. The molecule has 1 heterocycles. The summed E-state index contributed by atoms with van der Waals surface area (Å²) in [6.45, 7) is 1.80. The van der Waals surface area contributed by atoms with E-state index in [1.807, 2.05) is 0 Å². The standard InChI is InChI=1S/C9H11ClN2O/c1-5-7(6-3-2-4-6)11-9(10)12-8(5)13/h6H,2-4H2,1H3,(H,11,12,13). The highest BCUT2D eigenvalue weighted by atomic mass is 35.5. The summed E-state index contributed by atoms with van der Waals surface area (Å²) >= 11 is 5.68. The molecule has 0 radical (unpaired) electrons. The summed E-state index contributed by atoms with van der Waals surface area (Å²) in [5, 5.41) is 0.206. The van der Waals surface area contributed by atoms with Crippen molar-refractivity contribution < 1.29 is 0 Å². The predicted octanol–water partition coefficient (Wildman–Crippen LogP) is 2.00. The fraction of sp³-hybridized carbons (Fsp3) is 0.556. The Kier molecular flexibility index (Phi) is 2.12. The monoisotopic (exact) mass is 198 g/mol. The molecule has 1 aliphatic rings. The van der Waals surface area contributed by atoms with E-state index in [9.17, 15) is 4.79 Å². The minimum absolute atomic E-state index is 0.109. The van der Waals surface area contributed by atoms with Gasteiger partial charge in [-0.25, -0.2) is 4.98 Å². The van der Waals surface area contributed by atoms with Crippen LogP contribution in [0.5, 0.6) is 0 Å². The van der Waals surface area contributed by atoms with Crippen molar-refractivity contribution in [2.45, 2.75) is 32.1 Å². The molecule has 0 bridgehead atoms. The average molecular weight is 199 g/mol. The first-order valence-corrected chi connectivity index (χ1v) is 4.82. The lowest BCUT2D eigenvalue weighted by atomic mass is 9.81. The molecule has 0 saturated heterocycles. The van der Waals surface area contributed by atoms with E-state index in [1.54, 1.807) is 6.92 Å². The van der Waals surface area contributed by atoms with E-state index in [-0.39, 0.29) is 10.8 Å². The zero-order valence-electron chi connectivity index (χ0n) is 7.43. The van der Waals surface area contributed by atoms with Gasteiger partial charge in [-0.15, -0.1) is 0 Å². The van der Waals surface area contributed by atoms with Crippen LogP contribution >= 0.6 is 11.6 Å². The topological polar surface area (TPSA) is 45.8 Å². The molecule has 1 aliphatic carbocycles. The largest absolute Gasteiger partial charge is 0.297 e. The Hall–Kier alpha value is -0.830. The van der Waals surface area contributed by atoms with Gasteiger partial charge in [-0.1, -0.05) is 6.42 Å². The van der Waals surface area contributed by atoms with E-state index in [0.717, 1.165) is 18.5 Å². The second-order valence-electron chi connectivity index (χ2n) is 3.49. The summed E-state index contributed by atoms with van der Waals surface area (Å²) in [6.07, 6.45) is 3.50. The van der Waals surface area contributed by atoms with Crippen LogP contribution in [-0.4, -0.2) is 9.97 Å². The Balaban J connectivity index is 2.48. The first-order valence-electron chi connectivity index (χ1n) is 4.45. The number of aromatic nitrogens is 2. The molecular weight excluding hydrogens is 188 g/mol. The third-order valence-corrected chi connectivity index (χ3v) is 2.83. The SMILES string of the molecule is Cc1c(C2CCC2)nc(Cl)[nH]c1=O. The average Bonchev–Trinajstić information content (AvgIpc) is 1.95. The maximum atomic E-state index is 11.3. The van der Waals surface area contributed by atoms with Crippen molar-refractivity contribution in [1.82, 2.24) is 9.97 Å². The van der Waals surface area contributed by atoms with Crippen LogP contribution in [0.3, 0.4) is 0 Å². The molecule has 13 heavy (non-hydrogen) atoms. The van der Waals surface area contributed by atoms with E-state index in [0.29, 0.717) is 11.5 Å². The van der Waals surface area contributed by atoms with Crippen molar-refractivity contribution >= 4 is 11.6 Å². The molecule has 1 N–H and O–H groups in total. The van der Waals surface area contributed by atoms with Crippen molar-refractivity contribution in [3.8, 4) is 0 Å². The predicted molar refractivity (Wildman–Crippen MR) is 51.2 cm³/mol. The van der Waals surface area contributed by atoms with Crippen molar-refractivity contribution in [2.75, 3.05) is 0 Å². The van der Waals surface area contributed by atoms with Gasteiger partial charge < -0.3 is 0 Å². The van der Waals surface area contributed by atoms with Gasteiger partial charge in [0.1, 0.15) is 0 Å². The van der Waals surface area contributed by atoms with Crippen molar-refractivity contribution in [3.05, 3.63) is 26.9 Å². The van der Waals surface area contributed by atoms with Crippen molar-refractivity contribution in [3.63, 3.8) is 0 Å². The number of halogens is 1. The van der Waals surface area contributed by atoms with E-state index in [1.165, 1.54) is 6.42 Å².